The van der Waals surface area contributed by atoms with Crippen molar-refractivity contribution in [1.82, 2.24) is 9.55 Å². The van der Waals surface area contributed by atoms with Crippen molar-refractivity contribution in [2.45, 2.75) is 0 Å². The number of carbonyl (C=O) groups is 1. The van der Waals surface area contributed by atoms with E-state index in [4.69, 9.17) is 10.2 Å². The Hall–Kier alpha value is -2.76. The number of imidazole rings is 1. The summed E-state index contributed by atoms with van der Waals surface area (Å²) in [6.45, 7) is 0. The zero-order valence-corrected chi connectivity index (χ0v) is 9.21. The molecule has 0 fully saturated rings. The molecule has 2 heterocycles. The molecule has 6 heteroatoms. The zero-order valence-electron chi connectivity index (χ0n) is 9.21. The molecular weight excluding hydrogens is 234 g/mol. The molecule has 90 valence electrons. The predicted molar refractivity (Wildman–Crippen MR) is 65.4 cm³/mol. The normalized spacial score (nSPS) is 10.9. The number of nitrogens with zero attached hydrogens (tertiary/aromatic N) is 1. The molecule has 0 amide bonds. The van der Waals surface area contributed by atoms with Crippen molar-refractivity contribution < 1.29 is 9.21 Å². The third kappa shape index (κ3) is 1.43. The number of anilines is 1. The van der Waals surface area contributed by atoms with Gasteiger partial charge in [-0.3, -0.25) is 4.79 Å². The molecule has 0 saturated heterocycles. The Bertz CT molecular complexity index is 781. The number of H-pyrrole nitrogens is 1. The van der Waals surface area contributed by atoms with Crippen LogP contribution in [-0.2, 0) is 0 Å². The van der Waals surface area contributed by atoms with Crippen molar-refractivity contribution in [3.63, 3.8) is 0 Å². The minimum absolute atomic E-state index is 0.106. The number of hydrogen-bond acceptors (Lipinski definition) is 4. The van der Waals surface area contributed by atoms with Gasteiger partial charge in [0, 0.05) is 5.69 Å². The lowest BCUT2D eigenvalue weighted by Gasteiger charge is -1.99. The lowest BCUT2D eigenvalue weighted by atomic mass is 10.3. The van der Waals surface area contributed by atoms with E-state index >= 15 is 0 Å². The first-order valence-electron chi connectivity index (χ1n) is 5.25. The van der Waals surface area contributed by atoms with Crippen LogP contribution in [0, 0.1) is 0 Å². The number of carbonyl (C=O) groups excluding carboxylic acids is 1. The van der Waals surface area contributed by atoms with Crippen LogP contribution in [0.25, 0.3) is 11.0 Å². The highest BCUT2D eigenvalue weighted by molar-refractivity contribution is 5.99. The summed E-state index contributed by atoms with van der Waals surface area (Å²) >= 11 is 0. The number of aromatic nitrogens is 2. The minimum atomic E-state index is -0.517. The number of rotatable bonds is 1. The van der Waals surface area contributed by atoms with Gasteiger partial charge in [-0.2, -0.15) is 0 Å². The maximum Gasteiger partial charge on any atom is 0.333 e. The van der Waals surface area contributed by atoms with E-state index in [1.54, 1.807) is 24.3 Å². The molecule has 0 radical (unpaired) electrons. The number of benzene rings is 1. The maximum absolute atomic E-state index is 12.1. The van der Waals surface area contributed by atoms with E-state index in [1.807, 2.05) is 0 Å². The summed E-state index contributed by atoms with van der Waals surface area (Å²) in [5.41, 5.74) is 6.60. The quantitative estimate of drug-likeness (QED) is 0.628. The summed E-state index contributed by atoms with van der Waals surface area (Å²) in [5.74, 6) is -0.407. The van der Waals surface area contributed by atoms with E-state index in [-0.39, 0.29) is 5.76 Å². The molecule has 0 aliphatic rings. The lowest BCUT2D eigenvalue weighted by Crippen LogP contribution is -2.24. The molecule has 1 aromatic carbocycles. The summed E-state index contributed by atoms with van der Waals surface area (Å²) in [6, 6.07) is 7.93. The first-order valence-corrected chi connectivity index (χ1v) is 5.25. The minimum Gasteiger partial charge on any atom is -0.459 e. The Morgan fingerprint density at radius 2 is 2.17 bits per heavy atom. The number of hydrogen-bond donors (Lipinski definition) is 2. The second-order valence-corrected chi connectivity index (χ2v) is 3.82. The Morgan fingerprint density at radius 3 is 2.89 bits per heavy atom. The Labute approximate surface area is 101 Å². The second-order valence-electron chi connectivity index (χ2n) is 3.82. The smallest absolute Gasteiger partial charge is 0.333 e. The standard InChI is InChI=1S/C12H9N3O3/c13-7-3-4-9-8(6-7)14-12(17)15(9)11(16)10-2-1-5-18-10/h1-6H,13H2,(H,14,17). The summed E-state index contributed by atoms with van der Waals surface area (Å²) < 4.78 is 6.02. The number of aromatic amines is 1. The molecule has 3 N–H and O–H groups in total. The molecule has 0 atom stereocenters. The van der Waals surface area contributed by atoms with E-state index in [2.05, 4.69) is 4.98 Å². The van der Waals surface area contributed by atoms with E-state index in [0.29, 0.717) is 16.7 Å². The van der Waals surface area contributed by atoms with Crippen LogP contribution in [-0.4, -0.2) is 15.5 Å². The highest BCUT2D eigenvalue weighted by atomic mass is 16.3. The number of nitrogen functional groups attached to an aromatic ring is 1. The average Bonchev–Trinajstić information content (AvgIpc) is 2.94. The van der Waals surface area contributed by atoms with Crippen molar-refractivity contribution in [1.29, 1.82) is 0 Å². The molecule has 0 aliphatic carbocycles. The molecule has 18 heavy (non-hydrogen) atoms. The number of fused-ring (bicyclic) bond motifs is 1. The monoisotopic (exact) mass is 243 g/mol. The van der Waals surface area contributed by atoms with E-state index in [1.165, 1.54) is 12.3 Å². The van der Waals surface area contributed by atoms with Gasteiger partial charge < -0.3 is 15.1 Å². The molecule has 2 aromatic heterocycles. The highest BCUT2D eigenvalue weighted by Crippen LogP contribution is 2.15. The fourth-order valence-corrected chi connectivity index (χ4v) is 1.84. The van der Waals surface area contributed by atoms with Crippen LogP contribution >= 0.6 is 0 Å². The molecule has 0 unspecified atom stereocenters. The highest BCUT2D eigenvalue weighted by Gasteiger charge is 2.17. The third-order valence-electron chi connectivity index (χ3n) is 2.64. The fraction of sp³-hybridized carbons (Fsp3) is 0. The molecular formula is C12H9N3O3. The Balaban J connectivity index is 2.26. The van der Waals surface area contributed by atoms with Crippen molar-refractivity contribution in [3.05, 3.63) is 52.8 Å². The van der Waals surface area contributed by atoms with E-state index in [0.717, 1.165) is 4.57 Å². The van der Waals surface area contributed by atoms with Crippen molar-refractivity contribution >= 4 is 22.6 Å². The van der Waals surface area contributed by atoms with Crippen LogP contribution in [0.1, 0.15) is 10.6 Å². The molecule has 0 aliphatic heterocycles. The van der Waals surface area contributed by atoms with Gasteiger partial charge in [-0.1, -0.05) is 0 Å². The van der Waals surface area contributed by atoms with Gasteiger partial charge in [-0.15, -0.1) is 0 Å². The number of furan rings is 1. The van der Waals surface area contributed by atoms with Gasteiger partial charge in [0.15, 0.2) is 5.76 Å². The largest absolute Gasteiger partial charge is 0.459 e. The summed E-state index contributed by atoms with van der Waals surface area (Å²) in [5, 5.41) is 0. The zero-order chi connectivity index (χ0) is 12.7. The van der Waals surface area contributed by atoms with Gasteiger partial charge in [0.2, 0.25) is 0 Å². The van der Waals surface area contributed by atoms with Crippen LogP contribution in [0.15, 0.2) is 45.8 Å². The molecule has 6 nitrogen and oxygen atoms in total. The van der Waals surface area contributed by atoms with E-state index in [9.17, 15) is 9.59 Å². The molecule has 3 rings (SSSR count). The first kappa shape index (κ1) is 10.4. The van der Waals surface area contributed by atoms with Crippen LogP contribution < -0.4 is 11.4 Å². The molecule has 3 aromatic rings. The van der Waals surface area contributed by atoms with Gasteiger partial charge in [-0.25, -0.2) is 9.36 Å². The number of nitrogens with two attached hydrogens (primary N) is 1. The van der Waals surface area contributed by atoms with Gasteiger partial charge >= 0.3 is 11.6 Å². The van der Waals surface area contributed by atoms with E-state index < -0.39 is 11.6 Å². The van der Waals surface area contributed by atoms with Crippen molar-refractivity contribution in [2.24, 2.45) is 0 Å². The third-order valence-corrected chi connectivity index (χ3v) is 2.64. The summed E-state index contributed by atoms with van der Waals surface area (Å²) in [4.78, 5) is 26.5. The Kier molecular flexibility index (Phi) is 2.09. The maximum atomic E-state index is 12.1. The second kappa shape index (κ2) is 3.63. The molecule has 0 spiro atoms. The Morgan fingerprint density at radius 1 is 1.33 bits per heavy atom. The topological polar surface area (TPSA) is 94.0 Å². The SMILES string of the molecule is Nc1ccc2c(c1)[nH]c(=O)n2C(=O)c1ccco1. The van der Waals surface area contributed by atoms with Crippen molar-refractivity contribution in [3.8, 4) is 0 Å². The van der Waals surface area contributed by atoms with Crippen LogP contribution in [0.3, 0.4) is 0 Å². The average molecular weight is 243 g/mol. The first-order chi connectivity index (χ1) is 8.66. The number of nitrogens with one attached hydrogen (secondary N) is 1. The lowest BCUT2D eigenvalue weighted by molar-refractivity contribution is 0.0933. The fourth-order valence-electron chi connectivity index (χ4n) is 1.84. The van der Waals surface area contributed by atoms with Crippen LogP contribution in [0.5, 0.6) is 0 Å². The van der Waals surface area contributed by atoms with Crippen LogP contribution in [0.4, 0.5) is 5.69 Å². The summed E-state index contributed by atoms with van der Waals surface area (Å²) in [6.07, 6.45) is 1.38. The van der Waals surface area contributed by atoms with Gasteiger partial charge in [0.25, 0.3) is 0 Å². The summed E-state index contributed by atoms with van der Waals surface area (Å²) in [7, 11) is 0. The van der Waals surface area contributed by atoms with Gasteiger partial charge in [0.05, 0.1) is 17.3 Å². The van der Waals surface area contributed by atoms with Crippen LogP contribution in [0.2, 0.25) is 0 Å². The molecule has 0 saturated carbocycles. The predicted octanol–water partition coefficient (Wildman–Crippen LogP) is 1.19. The molecule has 0 bridgehead atoms. The van der Waals surface area contributed by atoms with Crippen molar-refractivity contribution in [2.75, 3.05) is 5.73 Å². The van der Waals surface area contributed by atoms with Gasteiger partial charge in [0.1, 0.15) is 0 Å². The van der Waals surface area contributed by atoms with Gasteiger partial charge in [-0.05, 0) is 30.3 Å².